The van der Waals surface area contributed by atoms with Gasteiger partial charge in [0.2, 0.25) is 0 Å². The number of hydrogen-bond donors (Lipinski definition) is 0. The summed E-state index contributed by atoms with van der Waals surface area (Å²) in [7, 11) is 0. The molecule has 0 N–H and O–H groups in total. The van der Waals surface area contributed by atoms with Crippen LogP contribution in [0.2, 0.25) is 0 Å². The minimum absolute atomic E-state index is 0. The summed E-state index contributed by atoms with van der Waals surface area (Å²) in [6.07, 6.45) is 2.76. The molecule has 3 fully saturated rings. The van der Waals surface area contributed by atoms with E-state index in [1.165, 1.54) is 37.4 Å². The minimum Gasteiger partial charge on any atom is -0.457 e. The summed E-state index contributed by atoms with van der Waals surface area (Å²) in [5.74, 6) is 2.71. The van der Waals surface area contributed by atoms with Gasteiger partial charge in [0.05, 0.1) is 0 Å². The van der Waals surface area contributed by atoms with Crippen molar-refractivity contribution < 1.29 is 4.74 Å². The molecule has 5 rings (SSSR count). The Bertz CT molecular complexity index is 611. The molecule has 0 radical (unpaired) electrons. The largest absolute Gasteiger partial charge is 0.457 e. The Morgan fingerprint density at radius 2 is 1.52 bits per heavy atom. The molecule has 3 saturated heterocycles. The van der Waals surface area contributed by atoms with E-state index >= 15 is 0 Å². The van der Waals surface area contributed by atoms with Crippen LogP contribution < -0.4 is 4.74 Å². The van der Waals surface area contributed by atoms with Crippen molar-refractivity contribution in [2.75, 3.05) is 19.6 Å². The Morgan fingerprint density at radius 1 is 0.870 bits per heavy atom. The van der Waals surface area contributed by atoms with E-state index < -0.39 is 0 Å². The molecule has 0 aromatic heterocycles. The van der Waals surface area contributed by atoms with E-state index in [4.69, 9.17) is 4.74 Å². The molecule has 3 heterocycles. The maximum Gasteiger partial charge on any atom is 0.127 e. The Morgan fingerprint density at radius 3 is 2.13 bits per heavy atom. The number of piperidine rings is 3. The summed E-state index contributed by atoms with van der Waals surface area (Å²) in [5, 5.41) is 0.767. The number of fused-ring (bicyclic) bond motifs is 3. The molecule has 0 saturated carbocycles. The van der Waals surface area contributed by atoms with Gasteiger partial charge in [0.25, 0.3) is 0 Å². The first kappa shape index (κ1) is 16.7. The molecule has 122 valence electrons. The third kappa shape index (κ3) is 4.03. The highest BCUT2D eigenvalue weighted by Gasteiger charge is 2.34. The van der Waals surface area contributed by atoms with Crippen molar-refractivity contribution in [3.8, 4) is 11.5 Å². The molecule has 2 bridgehead atoms. The second kappa shape index (κ2) is 7.61. The number of hydrogen-bond acceptors (Lipinski definition) is 3. The van der Waals surface area contributed by atoms with E-state index in [1.54, 1.807) is 0 Å². The summed E-state index contributed by atoms with van der Waals surface area (Å²) in [6.45, 7) is 3.88. The number of nitrogens with zero attached hydrogens (tertiary/aromatic N) is 1. The highest BCUT2D eigenvalue weighted by atomic mass is 35.5. The second-order valence-corrected chi connectivity index (χ2v) is 7.49. The lowest BCUT2D eigenvalue weighted by molar-refractivity contribution is 0.118. The van der Waals surface area contributed by atoms with Gasteiger partial charge in [-0.2, -0.15) is 0 Å². The first-order valence-electron chi connectivity index (χ1n) is 8.09. The quantitative estimate of drug-likeness (QED) is 0.764. The molecule has 2 aromatic carbocycles. The molecule has 23 heavy (non-hydrogen) atoms. The normalized spacial score (nSPS) is 25.7. The van der Waals surface area contributed by atoms with Gasteiger partial charge in [-0.25, -0.2) is 0 Å². The SMILES string of the molecule is Cl.c1ccc(Oc2ccc(SC3CN4CCC3CC4)cc2)cc1. The number of halogens is 1. The predicted molar refractivity (Wildman–Crippen MR) is 99.0 cm³/mol. The lowest BCUT2D eigenvalue weighted by atomic mass is 9.88. The van der Waals surface area contributed by atoms with E-state index in [-0.39, 0.29) is 12.4 Å². The van der Waals surface area contributed by atoms with Crippen LogP contribution in [0.3, 0.4) is 0 Å². The van der Waals surface area contributed by atoms with Gasteiger partial charge in [-0.05, 0) is 68.2 Å². The van der Waals surface area contributed by atoms with Gasteiger partial charge in [0.15, 0.2) is 0 Å². The Kier molecular flexibility index (Phi) is 5.52. The van der Waals surface area contributed by atoms with Crippen molar-refractivity contribution >= 4 is 24.2 Å². The molecule has 3 aliphatic heterocycles. The highest BCUT2D eigenvalue weighted by Crippen LogP contribution is 2.39. The van der Waals surface area contributed by atoms with Crippen LogP contribution in [0.5, 0.6) is 11.5 Å². The van der Waals surface area contributed by atoms with Crippen LogP contribution in [0, 0.1) is 5.92 Å². The van der Waals surface area contributed by atoms with Gasteiger partial charge in [-0.1, -0.05) is 18.2 Å². The van der Waals surface area contributed by atoms with Gasteiger partial charge in [-0.3, -0.25) is 0 Å². The molecule has 1 atom stereocenters. The van der Waals surface area contributed by atoms with Gasteiger partial charge < -0.3 is 9.64 Å². The zero-order valence-electron chi connectivity index (χ0n) is 13.1. The van der Waals surface area contributed by atoms with Crippen LogP contribution in [-0.2, 0) is 0 Å². The first-order chi connectivity index (χ1) is 10.9. The summed E-state index contributed by atoms with van der Waals surface area (Å²) >= 11 is 2.05. The van der Waals surface area contributed by atoms with Crippen molar-refractivity contribution in [2.24, 2.45) is 5.92 Å². The topological polar surface area (TPSA) is 12.5 Å². The smallest absolute Gasteiger partial charge is 0.127 e. The number of rotatable bonds is 4. The fourth-order valence-electron chi connectivity index (χ4n) is 3.43. The third-order valence-electron chi connectivity index (χ3n) is 4.69. The third-order valence-corrected chi connectivity index (χ3v) is 6.07. The maximum absolute atomic E-state index is 5.86. The standard InChI is InChI=1S/C19H21NOS.ClH/c1-2-4-16(5-3-1)21-17-6-8-18(9-7-17)22-19-14-20-12-10-15(19)11-13-20;/h1-9,15,19H,10-14H2;1H. The molecular weight excluding hydrogens is 326 g/mol. The summed E-state index contributed by atoms with van der Waals surface area (Å²) in [6, 6.07) is 18.5. The van der Waals surface area contributed by atoms with Gasteiger partial charge in [-0.15, -0.1) is 24.2 Å². The zero-order valence-corrected chi connectivity index (χ0v) is 14.7. The van der Waals surface area contributed by atoms with Gasteiger partial charge in [0.1, 0.15) is 11.5 Å². The van der Waals surface area contributed by atoms with Crippen molar-refractivity contribution in [2.45, 2.75) is 23.0 Å². The van der Waals surface area contributed by atoms with Crippen LogP contribution in [0.4, 0.5) is 0 Å². The van der Waals surface area contributed by atoms with Crippen molar-refractivity contribution in [1.82, 2.24) is 4.90 Å². The average Bonchev–Trinajstić information content (AvgIpc) is 2.59. The average molecular weight is 348 g/mol. The van der Waals surface area contributed by atoms with E-state index in [9.17, 15) is 0 Å². The molecule has 4 heteroatoms. The van der Waals surface area contributed by atoms with Crippen LogP contribution in [-0.4, -0.2) is 29.8 Å². The van der Waals surface area contributed by atoms with Crippen molar-refractivity contribution in [3.05, 3.63) is 54.6 Å². The predicted octanol–water partition coefficient (Wildman–Crippen LogP) is 5.09. The molecule has 3 aliphatic rings. The molecule has 1 unspecified atom stereocenters. The Balaban J connectivity index is 0.00000156. The summed E-state index contributed by atoms with van der Waals surface area (Å²) in [5.41, 5.74) is 0. The fraction of sp³-hybridized carbons (Fsp3) is 0.368. The van der Waals surface area contributed by atoms with Crippen LogP contribution in [0.1, 0.15) is 12.8 Å². The van der Waals surface area contributed by atoms with E-state index in [0.29, 0.717) is 0 Å². The summed E-state index contributed by atoms with van der Waals surface area (Å²) in [4.78, 5) is 3.98. The molecule has 0 aliphatic carbocycles. The van der Waals surface area contributed by atoms with Gasteiger partial charge >= 0.3 is 0 Å². The van der Waals surface area contributed by atoms with E-state index in [2.05, 4.69) is 29.2 Å². The second-order valence-electron chi connectivity index (χ2n) is 6.18. The number of para-hydroxylation sites is 1. The lowest BCUT2D eigenvalue weighted by Crippen LogP contribution is -2.48. The van der Waals surface area contributed by atoms with E-state index in [0.717, 1.165) is 22.7 Å². The van der Waals surface area contributed by atoms with Crippen LogP contribution >= 0.6 is 24.2 Å². The molecule has 0 amide bonds. The summed E-state index contributed by atoms with van der Waals surface area (Å²) < 4.78 is 5.86. The zero-order chi connectivity index (χ0) is 14.8. The number of thioether (sulfide) groups is 1. The van der Waals surface area contributed by atoms with Crippen molar-refractivity contribution in [1.29, 1.82) is 0 Å². The minimum atomic E-state index is 0. The molecular formula is C19H22ClNOS. The van der Waals surface area contributed by atoms with Crippen LogP contribution in [0.15, 0.2) is 59.5 Å². The Labute approximate surface area is 148 Å². The highest BCUT2D eigenvalue weighted by molar-refractivity contribution is 8.00. The number of ether oxygens (including phenoxy) is 1. The van der Waals surface area contributed by atoms with Crippen molar-refractivity contribution in [3.63, 3.8) is 0 Å². The molecule has 2 nitrogen and oxygen atoms in total. The fourth-order valence-corrected chi connectivity index (χ4v) is 4.82. The lowest BCUT2D eigenvalue weighted by Gasteiger charge is -2.44. The maximum atomic E-state index is 5.86. The Hall–Kier alpha value is -1.16. The first-order valence-corrected chi connectivity index (χ1v) is 8.97. The van der Waals surface area contributed by atoms with Crippen LogP contribution in [0.25, 0.3) is 0 Å². The molecule has 0 spiro atoms. The number of benzene rings is 2. The van der Waals surface area contributed by atoms with E-state index in [1.807, 2.05) is 42.1 Å². The van der Waals surface area contributed by atoms with Gasteiger partial charge in [0, 0.05) is 16.7 Å². The monoisotopic (exact) mass is 347 g/mol. The molecule has 2 aromatic rings.